The Labute approximate surface area is 225 Å². The molecule has 0 bridgehead atoms. The van der Waals surface area contributed by atoms with Crippen LogP contribution < -0.4 is 14.8 Å². The Bertz CT molecular complexity index is 1280. The van der Waals surface area contributed by atoms with E-state index in [2.05, 4.69) is 22.3 Å². The van der Waals surface area contributed by atoms with Gasteiger partial charge in [0.25, 0.3) is 0 Å². The average molecular weight is 507 g/mol. The van der Waals surface area contributed by atoms with Gasteiger partial charge in [-0.05, 0) is 65.9 Å². The maximum Gasteiger partial charge on any atom is 0.224 e. The Balaban J connectivity index is 1.03. The summed E-state index contributed by atoms with van der Waals surface area (Å²) < 4.78 is 11.8. The smallest absolute Gasteiger partial charge is 0.224 e. The Morgan fingerprint density at radius 1 is 0.711 bits per heavy atom. The molecule has 0 atom stereocenters. The summed E-state index contributed by atoms with van der Waals surface area (Å²) in [7, 11) is 0. The molecule has 0 unspecified atom stereocenters. The first-order chi connectivity index (χ1) is 18.7. The highest BCUT2D eigenvalue weighted by Gasteiger charge is 2.21. The predicted octanol–water partition coefficient (Wildman–Crippen LogP) is 6.38. The SMILES string of the molecule is O=C(Cc1ccc(COc2ccccc2)cc1)NC1CCN(Cc2cccc(Oc3ccccc3)c2)CC1. The van der Waals surface area contributed by atoms with Crippen molar-refractivity contribution in [2.24, 2.45) is 0 Å². The van der Waals surface area contributed by atoms with Gasteiger partial charge in [-0.25, -0.2) is 0 Å². The number of ether oxygens (including phenoxy) is 2. The lowest BCUT2D eigenvalue weighted by atomic mass is 10.0. The third-order valence-corrected chi connectivity index (χ3v) is 6.77. The predicted molar refractivity (Wildman–Crippen MR) is 150 cm³/mol. The van der Waals surface area contributed by atoms with Crippen molar-refractivity contribution in [1.29, 1.82) is 0 Å². The monoisotopic (exact) mass is 506 g/mol. The zero-order valence-electron chi connectivity index (χ0n) is 21.6. The van der Waals surface area contributed by atoms with E-state index in [0.29, 0.717) is 13.0 Å². The molecule has 4 aromatic carbocycles. The molecule has 5 nitrogen and oxygen atoms in total. The minimum Gasteiger partial charge on any atom is -0.489 e. The average Bonchev–Trinajstić information content (AvgIpc) is 2.95. The van der Waals surface area contributed by atoms with E-state index in [1.165, 1.54) is 5.56 Å². The van der Waals surface area contributed by atoms with E-state index < -0.39 is 0 Å². The Morgan fingerprint density at radius 2 is 1.34 bits per heavy atom. The summed E-state index contributed by atoms with van der Waals surface area (Å²) in [6.07, 6.45) is 2.32. The molecule has 0 aliphatic carbocycles. The van der Waals surface area contributed by atoms with E-state index in [1.807, 2.05) is 97.1 Å². The largest absolute Gasteiger partial charge is 0.489 e. The van der Waals surface area contributed by atoms with Crippen molar-refractivity contribution in [3.63, 3.8) is 0 Å². The maximum absolute atomic E-state index is 12.7. The van der Waals surface area contributed by atoms with Gasteiger partial charge in [0.2, 0.25) is 5.91 Å². The fraction of sp³-hybridized carbons (Fsp3) is 0.242. The van der Waals surface area contributed by atoms with Gasteiger partial charge in [-0.15, -0.1) is 0 Å². The molecule has 0 spiro atoms. The molecule has 1 amide bonds. The van der Waals surface area contributed by atoms with Gasteiger partial charge in [0.15, 0.2) is 0 Å². The molecule has 194 valence electrons. The van der Waals surface area contributed by atoms with Crippen LogP contribution in [0.15, 0.2) is 109 Å². The fourth-order valence-corrected chi connectivity index (χ4v) is 4.73. The molecular weight excluding hydrogens is 472 g/mol. The summed E-state index contributed by atoms with van der Waals surface area (Å²) in [6.45, 7) is 3.32. The standard InChI is InChI=1S/C33H34N2O3/c36-33(23-26-14-16-27(17-15-26)25-37-30-9-3-1-4-10-30)34-29-18-20-35(21-19-29)24-28-8-7-13-32(22-28)38-31-11-5-2-6-12-31/h1-17,22,29H,18-21,23-25H2,(H,34,36). The molecule has 5 heteroatoms. The third-order valence-electron chi connectivity index (χ3n) is 6.77. The molecule has 1 saturated heterocycles. The number of hydrogen-bond acceptors (Lipinski definition) is 4. The second-order valence-electron chi connectivity index (χ2n) is 9.78. The van der Waals surface area contributed by atoms with Crippen LogP contribution >= 0.6 is 0 Å². The van der Waals surface area contributed by atoms with Crippen LogP contribution in [0.3, 0.4) is 0 Å². The Kier molecular flexibility index (Phi) is 8.69. The molecule has 0 saturated carbocycles. The minimum atomic E-state index is 0.0856. The number of nitrogens with one attached hydrogen (secondary N) is 1. The molecular formula is C33H34N2O3. The van der Waals surface area contributed by atoms with Crippen LogP contribution in [0, 0.1) is 0 Å². The van der Waals surface area contributed by atoms with E-state index in [-0.39, 0.29) is 11.9 Å². The molecule has 0 radical (unpaired) electrons. The maximum atomic E-state index is 12.7. The normalized spacial score (nSPS) is 14.1. The number of rotatable bonds is 10. The van der Waals surface area contributed by atoms with Crippen molar-refractivity contribution in [2.75, 3.05) is 13.1 Å². The van der Waals surface area contributed by atoms with Gasteiger partial charge in [0.05, 0.1) is 6.42 Å². The molecule has 1 N–H and O–H groups in total. The van der Waals surface area contributed by atoms with Gasteiger partial charge < -0.3 is 14.8 Å². The Morgan fingerprint density at radius 3 is 2.05 bits per heavy atom. The molecule has 4 aromatic rings. The number of amides is 1. The van der Waals surface area contributed by atoms with Crippen LogP contribution in [0.25, 0.3) is 0 Å². The lowest BCUT2D eigenvalue weighted by molar-refractivity contribution is -0.121. The summed E-state index contributed by atoms with van der Waals surface area (Å²) in [5.41, 5.74) is 3.34. The van der Waals surface area contributed by atoms with Crippen molar-refractivity contribution < 1.29 is 14.3 Å². The van der Waals surface area contributed by atoms with E-state index in [1.54, 1.807) is 0 Å². The van der Waals surface area contributed by atoms with Crippen LogP contribution in [0.2, 0.25) is 0 Å². The molecule has 1 aliphatic heterocycles. The summed E-state index contributed by atoms with van der Waals surface area (Å²) in [6, 6.07) is 36.3. The first-order valence-electron chi connectivity index (χ1n) is 13.3. The van der Waals surface area contributed by atoms with E-state index in [4.69, 9.17) is 9.47 Å². The summed E-state index contributed by atoms with van der Waals surface area (Å²) in [4.78, 5) is 15.1. The highest BCUT2D eigenvalue weighted by molar-refractivity contribution is 5.78. The summed E-state index contributed by atoms with van der Waals surface area (Å²) in [5.74, 6) is 2.64. The van der Waals surface area contributed by atoms with Crippen LogP contribution in [0.1, 0.15) is 29.5 Å². The van der Waals surface area contributed by atoms with Crippen molar-refractivity contribution in [3.8, 4) is 17.2 Å². The number of nitrogens with zero attached hydrogens (tertiary/aromatic N) is 1. The van der Waals surface area contributed by atoms with Gasteiger partial charge >= 0.3 is 0 Å². The summed E-state index contributed by atoms with van der Waals surface area (Å²) in [5, 5.41) is 3.24. The third kappa shape index (κ3) is 7.70. The number of likely N-dealkylation sites (tertiary alicyclic amines) is 1. The number of carbonyl (C=O) groups is 1. The minimum absolute atomic E-state index is 0.0856. The van der Waals surface area contributed by atoms with Gasteiger partial charge in [-0.2, -0.15) is 0 Å². The number of carbonyl (C=O) groups excluding carboxylic acids is 1. The van der Waals surface area contributed by atoms with E-state index in [9.17, 15) is 4.79 Å². The molecule has 1 aliphatic rings. The van der Waals surface area contributed by atoms with Gasteiger partial charge in [-0.3, -0.25) is 9.69 Å². The number of para-hydroxylation sites is 2. The van der Waals surface area contributed by atoms with Gasteiger partial charge in [0, 0.05) is 25.7 Å². The zero-order valence-corrected chi connectivity index (χ0v) is 21.6. The quantitative estimate of drug-likeness (QED) is 0.271. The van der Waals surface area contributed by atoms with Crippen LogP contribution in [-0.4, -0.2) is 29.9 Å². The first-order valence-corrected chi connectivity index (χ1v) is 13.3. The molecule has 5 rings (SSSR count). The molecule has 0 aromatic heterocycles. The van der Waals surface area contributed by atoms with Gasteiger partial charge in [0.1, 0.15) is 23.9 Å². The number of hydrogen-bond donors (Lipinski definition) is 1. The van der Waals surface area contributed by atoms with E-state index >= 15 is 0 Å². The van der Waals surface area contributed by atoms with Crippen LogP contribution in [-0.2, 0) is 24.4 Å². The van der Waals surface area contributed by atoms with Crippen molar-refractivity contribution in [3.05, 3.63) is 126 Å². The topological polar surface area (TPSA) is 50.8 Å². The first kappa shape index (κ1) is 25.6. The highest BCUT2D eigenvalue weighted by Crippen LogP contribution is 2.23. The van der Waals surface area contributed by atoms with Gasteiger partial charge in [-0.1, -0.05) is 72.8 Å². The van der Waals surface area contributed by atoms with E-state index in [0.717, 1.165) is 60.9 Å². The van der Waals surface area contributed by atoms with Crippen LogP contribution in [0.4, 0.5) is 0 Å². The number of piperidine rings is 1. The highest BCUT2D eigenvalue weighted by atomic mass is 16.5. The van der Waals surface area contributed by atoms with Crippen molar-refractivity contribution >= 4 is 5.91 Å². The molecule has 1 heterocycles. The lowest BCUT2D eigenvalue weighted by Crippen LogP contribution is -2.44. The number of benzene rings is 4. The Hall–Kier alpha value is -4.09. The fourth-order valence-electron chi connectivity index (χ4n) is 4.73. The zero-order chi connectivity index (χ0) is 26.0. The van der Waals surface area contributed by atoms with Crippen molar-refractivity contribution in [1.82, 2.24) is 10.2 Å². The van der Waals surface area contributed by atoms with Crippen LogP contribution in [0.5, 0.6) is 17.2 Å². The lowest BCUT2D eigenvalue weighted by Gasteiger charge is -2.32. The second-order valence-corrected chi connectivity index (χ2v) is 9.78. The second kappa shape index (κ2) is 12.9. The van der Waals surface area contributed by atoms with Crippen molar-refractivity contribution in [2.45, 2.75) is 38.5 Å². The molecule has 38 heavy (non-hydrogen) atoms. The molecule has 1 fully saturated rings. The summed E-state index contributed by atoms with van der Waals surface area (Å²) >= 11 is 0.